The molecule has 6 heteroatoms. The highest BCUT2D eigenvalue weighted by Gasteiger charge is 2.23. The van der Waals surface area contributed by atoms with Crippen molar-refractivity contribution in [3.05, 3.63) is 69.5 Å². The van der Waals surface area contributed by atoms with Crippen LogP contribution in [-0.4, -0.2) is 11.1 Å². The van der Waals surface area contributed by atoms with E-state index in [1.54, 1.807) is 0 Å². The number of thioether (sulfide) groups is 1. The largest absolute Gasteiger partial charge is 0.299 e. The van der Waals surface area contributed by atoms with Gasteiger partial charge in [0.2, 0.25) is 0 Å². The molecule has 1 amide bonds. The molecular formula is C16H12BrN3OS. The summed E-state index contributed by atoms with van der Waals surface area (Å²) < 4.78 is 1.01. The molecule has 0 spiro atoms. The molecule has 0 bridgehead atoms. The van der Waals surface area contributed by atoms with E-state index >= 15 is 0 Å². The van der Waals surface area contributed by atoms with Crippen LogP contribution in [0.25, 0.3) is 6.08 Å². The third kappa shape index (κ3) is 3.78. The van der Waals surface area contributed by atoms with Crippen LogP contribution in [0.15, 0.2) is 69.1 Å². The fourth-order valence-corrected chi connectivity index (χ4v) is 2.87. The van der Waals surface area contributed by atoms with Crippen molar-refractivity contribution in [1.82, 2.24) is 5.32 Å². The standard InChI is InChI=1S/C16H12BrN3OS/c17-12-8-6-11(7-9-12)10-14-15(21)18-16(22-14)20-19-13-4-2-1-3-5-13/h1-10,19H,(H,18,20,21)/b14-10+. The van der Waals surface area contributed by atoms with E-state index < -0.39 is 0 Å². The topological polar surface area (TPSA) is 53.5 Å². The smallest absolute Gasteiger partial charge is 0.264 e. The fraction of sp³-hybridized carbons (Fsp3) is 0. The number of hydrazone groups is 1. The predicted octanol–water partition coefficient (Wildman–Crippen LogP) is 4.04. The Kier molecular flexibility index (Phi) is 4.60. The van der Waals surface area contributed by atoms with Crippen LogP contribution < -0.4 is 10.7 Å². The number of para-hydroxylation sites is 1. The zero-order valence-corrected chi connectivity index (χ0v) is 13.8. The average Bonchev–Trinajstić information content (AvgIpc) is 2.89. The minimum atomic E-state index is -0.137. The van der Waals surface area contributed by atoms with Gasteiger partial charge in [-0.15, -0.1) is 5.10 Å². The van der Waals surface area contributed by atoms with E-state index in [1.165, 1.54) is 11.8 Å². The number of benzene rings is 2. The summed E-state index contributed by atoms with van der Waals surface area (Å²) in [6, 6.07) is 17.4. The first-order chi connectivity index (χ1) is 10.7. The second-order valence-electron chi connectivity index (χ2n) is 4.51. The normalized spacial score (nSPS) is 17.8. The van der Waals surface area contributed by atoms with Crippen molar-refractivity contribution in [2.45, 2.75) is 0 Å². The Bertz CT molecular complexity index is 742. The van der Waals surface area contributed by atoms with Gasteiger partial charge in [-0.3, -0.25) is 15.5 Å². The highest BCUT2D eigenvalue weighted by atomic mass is 79.9. The van der Waals surface area contributed by atoms with Crippen LogP contribution in [-0.2, 0) is 4.79 Å². The molecule has 1 saturated heterocycles. The maximum absolute atomic E-state index is 11.9. The molecule has 4 nitrogen and oxygen atoms in total. The first-order valence-corrected chi connectivity index (χ1v) is 8.17. The summed E-state index contributed by atoms with van der Waals surface area (Å²) in [6.07, 6.45) is 1.84. The molecule has 2 N–H and O–H groups in total. The minimum Gasteiger partial charge on any atom is -0.299 e. The van der Waals surface area contributed by atoms with Crippen LogP contribution >= 0.6 is 27.7 Å². The lowest BCUT2D eigenvalue weighted by atomic mass is 10.2. The summed E-state index contributed by atoms with van der Waals surface area (Å²) in [6.45, 7) is 0. The Labute approximate surface area is 140 Å². The summed E-state index contributed by atoms with van der Waals surface area (Å²) in [7, 11) is 0. The number of hydrogen-bond acceptors (Lipinski definition) is 4. The molecule has 0 saturated carbocycles. The van der Waals surface area contributed by atoms with Crippen molar-refractivity contribution < 1.29 is 4.79 Å². The number of amidine groups is 1. The van der Waals surface area contributed by atoms with Crippen molar-refractivity contribution in [2.75, 3.05) is 5.43 Å². The van der Waals surface area contributed by atoms with Crippen LogP contribution in [0.3, 0.4) is 0 Å². The summed E-state index contributed by atoms with van der Waals surface area (Å²) in [5, 5.41) is 7.48. The number of carbonyl (C=O) groups is 1. The van der Waals surface area contributed by atoms with Gasteiger partial charge in [-0.25, -0.2) is 0 Å². The lowest BCUT2D eigenvalue weighted by Gasteiger charge is -1.99. The van der Waals surface area contributed by atoms with Gasteiger partial charge >= 0.3 is 0 Å². The SMILES string of the molecule is O=C1N/C(=N/Nc2ccccc2)S/C1=C/c1ccc(Br)cc1. The molecule has 0 atom stereocenters. The Morgan fingerprint density at radius 3 is 2.55 bits per heavy atom. The molecular weight excluding hydrogens is 362 g/mol. The molecule has 1 aliphatic heterocycles. The molecule has 2 aromatic carbocycles. The maximum Gasteiger partial charge on any atom is 0.264 e. The number of nitrogens with one attached hydrogen (secondary N) is 2. The first kappa shape index (κ1) is 14.9. The second-order valence-corrected chi connectivity index (χ2v) is 6.46. The number of hydrogen-bond donors (Lipinski definition) is 2. The van der Waals surface area contributed by atoms with Gasteiger partial charge in [0.05, 0.1) is 10.6 Å². The van der Waals surface area contributed by atoms with E-state index in [1.807, 2.05) is 60.7 Å². The highest BCUT2D eigenvalue weighted by Crippen LogP contribution is 2.26. The molecule has 0 unspecified atom stereocenters. The molecule has 1 aliphatic rings. The number of carbonyl (C=O) groups excluding carboxylic acids is 1. The van der Waals surface area contributed by atoms with Crippen molar-refractivity contribution in [3.63, 3.8) is 0 Å². The molecule has 1 fully saturated rings. The fourth-order valence-electron chi connectivity index (χ4n) is 1.82. The summed E-state index contributed by atoms with van der Waals surface area (Å²) in [5.41, 5.74) is 4.76. The van der Waals surface area contributed by atoms with E-state index in [0.717, 1.165) is 15.7 Å². The van der Waals surface area contributed by atoms with Crippen LogP contribution in [0.5, 0.6) is 0 Å². The lowest BCUT2D eigenvalue weighted by Crippen LogP contribution is -2.20. The summed E-state index contributed by atoms with van der Waals surface area (Å²) in [5.74, 6) is -0.137. The Hall–Kier alpha value is -2.05. The first-order valence-electron chi connectivity index (χ1n) is 6.56. The maximum atomic E-state index is 11.9. The zero-order chi connectivity index (χ0) is 15.4. The van der Waals surface area contributed by atoms with Crippen LogP contribution in [0.1, 0.15) is 5.56 Å². The van der Waals surface area contributed by atoms with E-state index in [4.69, 9.17) is 0 Å². The van der Waals surface area contributed by atoms with Gasteiger partial charge in [-0.2, -0.15) is 0 Å². The van der Waals surface area contributed by atoms with E-state index in [2.05, 4.69) is 31.8 Å². The predicted molar refractivity (Wildman–Crippen MR) is 95.4 cm³/mol. The number of amides is 1. The van der Waals surface area contributed by atoms with Crippen LogP contribution in [0.2, 0.25) is 0 Å². The van der Waals surface area contributed by atoms with Gasteiger partial charge in [-0.1, -0.05) is 46.3 Å². The number of nitrogens with zero attached hydrogens (tertiary/aromatic N) is 1. The van der Waals surface area contributed by atoms with E-state index in [-0.39, 0.29) is 5.91 Å². The number of rotatable bonds is 3. The molecule has 0 aromatic heterocycles. The van der Waals surface area contributed by atoms with E-state index in [9.17, 15) is 4.79 Å². The van der Waals surface area contributed by atoms with Crippen LogP contribution in [0, 0.1) is 0 Å². The van der Waals surface area contributed by atoms with Gasteiger partial charge in [-0.05, 0) is 47.7 Å². The van der Waals surface area contributed by atoms with Crippen molar-refractivity contribution in [3.8, 4) is 0 Å². The van der Waals surface area contributed by atoms with E-state index in [0.29, 0.717) is 10.1 Å². The number of anilines is 1. The molecule has 1 heterocycles. The van der Waals surface area contributed by atoms with Crippen molar-refractivity contribution >= 4 is 50.5 Å². The Morgan fingerprint density at radius 2 is 1.82 bits per heavy atom. The van der Waals surface area contributed by atoms with Crippen molar-refractivity contribution in [1.29, 1.82) is 0 Å². The Balaban J connectivity index is 1.71. The zero-order valence-electron chi connectivity index (χ0n) is 11.4. The van der Waals surface area contributed by atoms with Gasteiger partial charge in [0.1, 0.15) is 0 Å². The third-order valence-electron chi connectivity index (χ3n) is 2.88. The van der Waals surface area contributed by atoms with Gasteiger partial charge in [0.25, 0.3) is 5.91 Å². The third-order valence-corrected chi connectivity index (χ3v) is 4.32. The highest BCUT2D eigenvalue weighted by molar-refractivity contribution is 9.10. The molecule has 110 valence electrons. The van der Waals surface area contributed by atoms with Crippen molar-refractivity contribution in [2.24, 2.45) is 5.10 Å². The molecule has 22 heavy (non-hydrogen) atoms. The second kappa shape index (κ2) is 6.81. The molecule has 3 rings (SSSR count). The lowest BCUT2D eigenvalue weighted by molar-refractivity contribution is -0.115. The molecule has 0 aliphatic carbocycles. The average molecular weight is 374 g/mol. The number of halogens is 1. The summed E-state index contributed by atoms with van der Waals surface area (Å²) in [4.78, 5) is 12.6. The molecule has 0 radical (unpaired) electrons. The Morgan fingerprint density at radius 1 is 1.09 bits per heavy atom. The monoisotopic (exact) mass is 373 g/mol. The van der Waals surface area contributed by atoms with Gasteiger partial charge in [0, 0.05) is 4.47 Å². The van der Waals surface area contributed by atoms with Gasteiger partial charge in [0.15, 0.2) is 5.17 Å². The van der Waals surface area contributed by atoms with Crippen LogP contribution in [0.4, 0.5) is 5.69 Å². The molecule has 2 aromatic rings. The van der Waals surface area contributed by atoms with Gasteiger partial charge < -0.3 is 0 Å². The minimum absolute atomic E-state index is 0.137. The quantitative estimate of drug-likeness (QED) is 0.630. The summed E-state index contributed by atoms with van der Waals surface area (Å²) >= 11 is 4.70.